The van der Waals surface area contributed by atoms with Crippen LogP contribution in [-0.2, 0) is 4.74 Å². The van der Waals surface area contributed by atoms with Gasteiger partial charge < -0.3 is 14.6 Å². The van der Waals surface area contributed by atoms with Gasteiger partial charge in [-0.2, -0.15) is 0 Å². The van der Waals surface area contributed by atoms with Gasteiger partial charge in [0.2, 0.25) is 0 Å². The standard InChI is InChI=1S/C13H16O3/c1-2-15-11-16-13-8-5-7-12(10-13)6-3-4-9-14/h5,7-8,10,14H,2,4,9,11H2,1H3. The van der Waals surface area contributed by atoms with Crippen molar-refractivity contribution in [2.75, 3.05) is 20.0 Å². The van der Waals surface area contributed by atoms with Gasteiger partial charge in [0, 0.05) is 18.6 Å². The Morgan fingerprint density at radius 3 is 3.00 bits per heavy atom. The first-order chi connectivity index (χ1) is 7.86. The first-order valence-corrected chi connectivity index (χ1v) is 5.27. The van der Waals surface area contributed by atoms with Gasteiger partial charge in [-0.15, -0.1) is 0 Å². The number of hydrogen-bond donors (Lipinski definition) is 1. The molecule has 0 heterocycles. The van der Waals surface area contributed by atoms with Gasteiger partial charge in [0.25, 0.3) is 0 Å². The lowest BCUT2D eigenvalue weighted by atomic mass is 10.2. The normalized spacial score (nSPS) is 9.38. The summed E-state index contributed by atoms with van der Waals surface area (Å²) in [6, 6.07) is 7.49. The Hall–Kier alpha value is -1.50. The van der Waals surface area contributed by atoms with E-state index in [2.05, 4.69) is 11.8 Å². The van der Waals surface area contributed by atoms with E-state index in [0.29, 0.717) is 13.0 Å². The van der Waals surface area contributed by atoms with Gasteiger partial charge in [0.1, 0.15) is 5.75 Å². The van der Waals surface area contributed by atoms with Gasteiger partial charge >= 0.3 is 0 Å². The van der Waals surface area contributed by atoms with Crippen molar-refractivity contribution in [3.8, 4) is 17.6 Å². The Bertz CT molecular complexity index is 363. The van der Waals surface area contributed by atoms with Crippen molar-refractivity contribution < 1.29 is 14.6 Å². The molecule has 0 aromatic heterocycles. The summed E-state index contributed by atoms with van der Waals surface area (Å²) in [4.78, 5) is 0. The van der Waals surface area contributed by atoms with Crippen molar-refractivity contribution in [3.05, 3.63) is 29.8 Å². The Morgan fingerprint density at radius 1 is 1.38 bits per heavy atom. The number of aliphatic hydroxyl groups excluding tert-OH is 1. The van der Waals surface area contributed by atoms with Crippen molar-refractivity contribution >= 4 is 0 Å². The second kappa shape index (κ2) is 7.75. The highest BCUT2D eigenvalue weighted by Gasteiger charge is 1.94. The predicted molar refractivity (Wildman–Crippen MR) is 62.1 cm³/mol. The van der Waals surface area contributed by atoms with Gasteiger partial charge in [-0.3, -0.25) is 0 Å². The number of ether oxygens (including phenoxy) is 2. The summed E-state index contributed by atoms with van der Waals surface area (Å²) in [6.45, 7) is 2.90. The molecular formula is C13H16O3. The first kappa shape index (κ1) is 12.6. The fourth-order valence-electron chi connectivity index (χ4n) is 1.08. The maximum atomic E-state index is 8.60. The average molecular weight is 220 g/mol. The molecule has 0 amide bonds. The van der Waals surface area contributed by atoms with Crippen molar-refractivity contribution in [1.82, 2.24) is 0 Å². The van der Waals surface area contributed by atoms with Gasteiger partial charge in [0.15, 0.2) is 6.79 Å². The lowest BCUT2D eigenvalue weighted by Gasteiger charge is -2.05. The van der Waals surface area contributed by atoms with Crippen LogP contribution in [0.4, 0.5) is 0 Å². The van der Waals surface area contributed by atoms with E-state index in [9.17, 15) is 0 Å². The third-order valence-electron chi connectivity index (χ3n) is 1.82. The largest absolute Gasteiger partial charge is 0.468 e. The maximum absolute atomic E-state index is 8.60. The Balaban J connectivity index is 2.54. The summed E-state index contributed by atoms with van der Waals surface area (Å²) in [7, 11) is 0. The van der Waals surface area contributed by atoms with E-state index in [1.165, 1.54) is 0 Å². The summed E-state index contributed by atoms with van der Waals surface area (Å²) in [5.41, 5.74) is 0.877. The molecule has 0 aliphatic rings. The van der Waals surface area contributed by atoms with Crippen LogP contribution in [0.1, 0.15) is 18.9 Å². The number of hydrogen-bond acceptors (Lipinski definition) is 3. The zero-order valence-electron chi connectivity index (χ0n) is 9.40. The molecule has 3 heteroatoms. The third kappa shape index (κ3) is 4.83. The smallest absolute Gasteiger partial charge is 0.189 e. The molecular weight excluding hydrogens is 204 g/mol. The summed E-state index contributed by atoms with van der Waals surface area (Å²) in [5, 5.41) is 8.60. The van der Waals surface area contributed by atoms with Crippen molar-refractivity contribution in [2.45, 2.75) is 13.3 Å². The monoisotopic (exact) mass is 220 g/mol. The van der Waals surface area contributed by atoms with Gasteiger partial charge in [-0.05, 0) is 25.1 Å². The molecule has 0 bridgehead atoms. The fraction of sp³-hybridized carbons (Fsp3) is 0.385. The minimum Gasteiger partial charge on any atom is -0.468 e. The molecule has 0 atom stereocenters. The van der Waals surface area contributed by atoms with E-state index in [1.807, 2.05) is 31.2 Å². The highest BCUT2D eigenvalue weighted by molar-refractivity contribution is 5.39. The molecule has 0 aliphatic heterocycles. The zero-order valence-corrected chi connectivity index (χ0v) is 9.40. The lowest BCUT2D eigenvalue weighted by molar-refractivity contribution is 0.0224. The van der Waals surface area contributed by atoms with Crippen LogP contribution in [-0.4, -0.2) is 25.1 Å². The van der Waals surface area contributed by atoms with Crippen LogP contribution in [0.2, 0.25) is 0 Å². The van der Waals surface area contributed by atoms with Gasteiger partial charge in [-0.1, -0.05) is 17.9 Å². The van der Waals surface area contributed by atoms with Crippen LogP contribution in [0, 0.1) is 11.8 Å². The van der Waals surface area contributed by atoms with E-state index < -0.39 is 0 Å². The average Bonchev–Trinajstić information content (AvgIpc) is 2.30. The minimum atomic E-state index is 0.0908. The molecule has 0 unspecified atom stereocenters. The van der Waals surface area contributed by atoms with Crippen molar-refractivity contribution in [1.29, 1.82) is 0 Å². The van der Waals surface area contributed by atoms with Gasteiger partial charge in [-0.25, -0.2) is 0 Å². The molecule has 1 aromatic carbocycles. The van der Waals surface area contributed by atoms with Crippen LogP contribution < -0.4 is 4.74 Å². The highest BCUT2D eigenvalue weighted by atomic mass is 16.7. The molecule has 3 nitrogen and oxygen atoms in total. The van der Waals surface area contributed by atoms with E-state index in [-0.39, 0.29) is 13.4 Å². The van der Waals surface area contributed by atoms with Crippen molar-refractivity contribution in [2.24, 2.45) is 0 Å². The quantitative estimate of drug-likeness (QED) is 0.467. The number of benzene rings is 1. The number of rotatable bonds is 5. The third-order valence-corrected chi connectivity index (χ3v) is 1.82. The zero-order chi connectivity index (χ0) is 11.6. The lowest BCUT2D eigenvalue weighted by Crippen LogP contribution is -2.01. The summed E-state index contributed by atoms with van der Waals surface area (Å²) in [6.07, 6.45) is 0.490. The molecule has 0 spiro atoms. The van der Waals surface area contributed by atoms with E-state index >= 15 is 0 Å². The molecule has 0 saturated heterocycles. The van der Waals surface area contributed by atoms with Crippen LogP contribution in [0.5, 0.6) is 5.75 Å². The molecule has 86 valence electrons. The summed E-state index contributed by atoms with van der Waals surface area (Å²) in [5.74, 6) is 6.54. The maximum Gasteiger partial charge on any atom is 0.189 e. The second-order valence-corrected chi connectivity index (χ2v) is 3.06. The van der Waals surface area contributed by atoms with E-state index in [0.717, 1.165) is 11.3 Å². The van der Waals surface area contributed by atoms with Crippen molar-refractivity contribution in [3.63, 3.8) is 0 Å². The topological polar surface area (TPSA) is 38.7 Å². The molecule has 0 saturated carbocycles. The predicted octanol–water partition coefficient (Wildman–Crippen LogP) is 1.79. The SMILES string of the molecule is CCOCOc1cccc(C#CCCO)c1. The molecule has 1 rings (SSSR count). The molecule has 0 aliphatic carbocycles. The van der Waals surface area contributed by atoms with Gasteiger partial charge in [0.05, 0.1) is 6.61 Å². The Morgan fingerprint density at radius 2 is 2.25 bits per heavy atom. The molecule has 1 aromatic rings. The van der Waals surface area contributed by atoms with Crippen LogP contribution >= 0.6 is 0 Å². The van der Waals surface area contributed by atoms with Crippen LogP contribution in [0.3, 0.4) is 0 Å². The highest BCUT2D eigenvalue weighted by Crippen LogP contribution is 2.12. The second-order valence-electron chi connectivity index (χ2n) is 3.06. The van der Waals surface area contributed by atoms with E-state index in [1.54, 1.807) is 0 Å². The summed E-state index contributed by atoms with van der Waals surface area (Å²) >= 11 is 0. The van der Waals surface area contributed by atoms with E-state index in [4.69, 9.17) is 14.6 Å². The molecule has 16 heavy (non-hydrogen) atoms. The Labute approximate surface area is 96.0 Å². The molecule has 0 fully saturated rings. The number of aliphatic hydroxyl groups is 1. The fourth-order valence-corrected chi connectivity index (χ4v) is 1.08. The first-order valence-electron chi connectivity index (χ1n) is 5.27. The van der Waals surface area contributed by atoms with Crippen LogP contribution in [0.15, 0.2) is 24.3 Å². The molecule has 1 N–H and O–H groups in total. The summed E-state index contributed by atoms with van der Waals surface area (Å²) < 4.78 is 10.4. The minimum absolute atomic E-state index is 0.0908. The van der Waals surface area contributed by atoms with Crippen LogP contribution in [0.25, 0.3) is 0 Å². The Kier molecular flexibility index (Phi) is 6.09. The molecule has 0 radical (unpaired) electrons.